The molecular formula is C13H17N3O4. The molecule has 0 unspecified atom stereocenters. The van der Waals surface area contributed by atoms with Crippen molar-refractivity contribution in [3.05, 3.63) is 18.2 Å². The lowest BCUT2D eigenvalue weighted by Gasteiger charge is -2.18. The van der Waals surface area contributed by atoms with Crippen molar-refractivity contribution in [2.75, 3.05) is 38.8 Å². The Morgan fingerprint density at radius 3 is 2.50 bits per heavy atom. The van der Waals surface area contributed by atoms with Crippen molar-refractivity contribution in [2.24, 2.45) is 5.73 Å². The molecule has 0 aliphatic carbocycles. The molecule has 7 heteroatoms. The number of benzene rings is 1. The molecule has 7 nitrogen and oxygen atoms in total. The van der Waals surface area contributed by atoms with Crippen LogP contribution in [0.15, 0.2) is 18.2 Å². The zero-order valence-electron chi connectivity index (χ0n) is 11.5. The highest BCUT2D eigenvalue weighted by Crippen LogP contribution is 2.32. The molecule has 1 aliphatic heterocycles. The minimum Gasteiger partial charge on any atom is -0.493 e. The molecule has 0 bridgehead atoms. The summed E-state index contributed by atoms with van der Waals surface area (Å²) in [5.74, 6) is 0.811. The van der Waals surface area contributed by atoms with Crippen LogP contribution in [0.3, 0.4) is 0 Å². The number of amides is 3. The Bertz CT molecular complexity index is 532. The quantitative estimate of drug-likeness (QED) is 0.790. The van der Waals surface area contributed by atoms with Crippen molar-refractivity contribution in [1.29, 1.82) is 0 Å². The Hall–Kier alpha value is -2.28. The topological polar surface area (TPSA) is 85.1 Å². The molecule has 1 aromatic carbocycles. The first kappa shape index (κ1) is 14.1. The lowest BCUT2D eigenvalue weighted by Crippen LogP contribution is -2.36. The average molecular weight is 279 g/mol. The van der Waals surface area contributed by atoms with Gasteiger partial charge in [0.15, 0.2) is 11.5 Å². The van der Waals surface area contributed by atoms with Gasteiger partial charge in [-0.15, -0.1) is 0 Å². The van der Waals surface area contributed by atoms with Crippen LogP contribution >= 0.6 is 0 Å². The van der Waals surface area contributed by atoms with E-state index >= 15 is 0 Å². The lowest BCUT2D eigenvalue weighted by atomic mass is 10.2. The van der Waals surface area contributed by atoms with Crippen LogP contribution < -0.4 is 20.1 Å². The Kier molecular flexibility index (Phi) is 4.09. The number of ether oxygens (including phenoxy) is 2. The van der Waals surface area contributed by atoms with E-state index in [1.54, 1.807) is 18.2 Å². The first-order valence-electron chi connectivity index (χ1n) is 6.16. The van der Waals surface area contributed by atoms with Gasteiger partial charge < -0.3 is 15.2 Å². The maximum absolute atomic E-state index is 12.2. The maximum Gasteiger partial charge on any atom is 0.331 e. The van der Waals surface area contributed by atoms with Gasteiger partial charge in [0.05, 0.1) is 14.2 Å². The molecule has 0 aromatic heterocycles. The molecule has 3 amide bonds. The van der Waals surface area contributed by atoms with Crippen molar-refractivity contribution in [3.8, 4) is 11.5 Å². The molecule has 1 aliphatic rings. The molecule has 1 heterocycles. The van der Waals surface area contributed by atoms with Gasteiger partial charge in [0.1, 0.15) is 6.54 Å². The SMILES string of the molecule is COc1ccc(N2CC(=O)N(CCN)C2=O)cc1OC. The molecular weight excluding hydrogens is 262 g/mol. The molecule has 0 radical (unpaired) electrons. The highest BCUT2D eigenvalue weighted by Gasteiger charge is 2.36. The number of urea groups is 1. The number of carbonyl (C=O) groups is 2. The largest absolute Gasteiger partial charge is 0.493 e. The molecule has 108 valence electrons. The zero-order valence-corrected chi connectivity index (χ0v) is 11.5. The van der Waals surface area contributed by atoms with E-state index in [0.29, 0.717) is 17.2 Å². The van der Waals surface area contributed by atoms with Gasteiger partial charge in [0.2, 0.25) is 0 Å². The van der Waals surface area contributed by atoms with E-state index in [4.69, 9.17) is 15.2 Å². The molecule has 0 saturated carbocycles. The number of hydrogen-bond donors (Lipinski definition) is 1. The third kappa shape index (κ3) is 2.39. The van der Waals surface area contributed by atoms with Crippen LogP contribution in [0.2, 0.25) is 0 Å². The number of anilines is 1. The average Bonchev–Trinajstić information content (AvgIpc) is 2.75. The summed E-state index contributed by atoms with van der Waals surface area (Å²) in [6.45, 7) is 0.479. The summed E-state index contributed by atoms with van der Waals surface area (Å²) in [6, 6.07) is 4.69. The fraction of sp³-hybridized carbons (Fsp3) is 0.385. The molecule has 1 saturated heterocycles. The predicted molar refractivity (Wildman–Crippen MR) is 73.1 cm³/mol. The monoisotopic (exact) mass is 279 g/mol. The third-order valence-corrected chi connectivity index (χ3v) is 3.09. The molecule has 1 aromatic rings. The molecule has 2 rings (SSSR count). The zero-order chi connectivity index (χ0) is 14.7. The Morgan fingerprint density at radius 1 is 1.20 bits per heavy atom. The number of rotatable bonds is 5. The van der Waals surface area contributed by atoms with E-state index in [1.165, 1.54) is 19.1 Å². The minimum absolute atomic E-state index is 0.00825. The smallest absolute Gasteiger partial charge is 0.331 e. The van der Waals surface area contributed by atoms with Crippen LogP contribution in [0, 0.1) is 0 Å². The van der Waals surface area contributed by atoms with E-state index < -0.39 is 0 Å². The van der Waals surface area contributed by atoms with Crippen LogP contribution in [0.5, 0.6) is 11.5 Å². The van der Waals surface area contributed by atoms with Gasteiger partial charge in [-0.1, -0.05) is 0 Å². The molecule has 0 atom stereocenters. The second kappa shape index (κ2) is 5.79. The van der Waals surface area contributed by atoms with Crippen LogP contribution in [0.1, 0.15) is 0 Å². The molecule has 1 fully saturated rings. The van der Waals surface area contributed by atoms with Crippen molar-refractivity contribution >= 4 is 17.6 Å². The first-order chi connectivity index (χ1) is 9.62. The Labute approximate surface area is 116 Å². The Morgan fingerprint density at radius 2 is 1.90 bits per heavy atom. The van der Waals surface area contributed by atoms with E-state index in [2.05, 4.69) is 0 Å². The fourth-order valence-electron chi connectivity index (χ4n) is 2.08. The summed E-state index contributed by atoms with van der Waals surface area (Å²) in [5.41, 5.74) is 5.98. The van der Waals surface area contributed by atoms with Crippen molar-refractivity contribution in [3.63, 3.8) is 0 Å². The number of methoxy groups -OCH3 is 2. The van der Waals surface area contributed by atoms with Gasteiger partial charge >= 0.3 is 6.03 Å². The third-order valence-electron chi connectivity index (χ3n) is 3.09. The van der Waals surface area contributed by atoms with E-state index in [1.807, 2.05) is 0 Å². The standard InChI is InChI=1S/C13H17N3O4/c1-19-10-4-3-9(7-11(10)20-2)16-8-12(17)15(6-5-14)13(16)18/h3-4,7H,5-6,8,14H2,1-2H3. The number of hydrogen-bond acceptors (Lipinski definition) is 5. The van der Waals surface area contributed by atoms with Gasteiger partial charge in [-0.3, -0.25) is 14.6 Å². The van der Waals surface area contributed by atoms with Gasteiger partial charge in [-0.2, -0.15) is 0 Å². The second-order valence-electron chi connectivity index (χ2n) is 4.24. The number of carbonyl (C=O) groups excluding carboxylic acids is 2. The summed E-state index contributed by atoms with van der Waals surface area (Å²) in [4.78, 5) is 26.5. The number of nitrogens with two attached hydrogens (primary N) is 1. The number of nitrogens with zero attached hydrogens (tertiary/aromatic N) is 2. The van der Waals surface area contributed by atoms with Gasteiger partial charge in [0, 0.05) is 24.8 Å². The fourth-order valence-corrected chi connectivity index (χ4v) is 2.08. The van der Waals surface area contributed by atoms with E-state index in [9.17, 15) is 9.59 Å². The molecule has 0 spiro atoms. The summed E-state index contributed by atoms with van der Waals surface area (Å²) in [6.07, 6.45) is 0. The van der Waals surface area contributed by atoms with Crippen molar-refractivity contribution in [1.82, 2.24) is 4.90 Å². The van der Waals surface area contributed by atoms with Gasteiger partial charge in [-0.05, 0) is 12.1 Å². The summed E-state index contributed by atoms with van der Waals surface area (Å²) in [7, 11) is 3.05. The van der Waals surface area contributed by atoms with Crippen LogP contribution in [-0.4, -0.2) is 50.7 Å². The van der Waals surface area contributed by atoms with E-state index in [-0.39, 0.29) is 31.6 Å². The van der Waals surface area contributed by atoms with Crippen molar-refractivity contribution in [2.45, 2.75) is 0 Å². The normalized spacial score (nSPS) is 14.9. The second-order valence-corrected chi connectivity index (χ2v) is 4.24. The maximum atomic E-state index is 12.2. The molecule has 20 heavy (non-hydrogen) atoms. The van der Waals surface area contributed by atoms with Crippen molar-refractivity contribution < 1.29 is 19.1 Å². The minimum atomic E-state index is -0.368. The van der Waals surface area contributed by atoms with Gasteiger partial charge in [-0.25, -0.2) is 4.79 Å². The lowest BCUT2D eigenvalue weighted by molar-refractivity contribution is -0.124. The van der Waals surface area contributed by atoms with Crippen LogP contribution in [0.4, 0.5) is 10.5 Å². The van der Waals surface area contributed by atoms with E-state index in [0.717, 1.165) is 4.90 Å². The first-order valence-corrected chi connectivity index (χ1v) is 6.16. The summed E-state index contributed by atoms with van der Waals surface area (Å²) in [5, 5.41) is 0. The predicted octanol–water partition coefficient (Wildman–Crippen LogP) is 0.431. The highest BCUT2D eigenvalue weighted by atomic mass is 16.5. The molecule has 2 N–H and O–H groups in total. The summed E-state index contributed by atoms with van der Waals surface area (Å²) < 4.78 is 10.3. The van der Waals surface area contributed by atoms with Crippen LogP contribution in [-0.2, 0) is 4.79 Å². The van der Waals surface area contributed by atoms with Crippen LogP contribution in [0.25, 0.3) is 0 Å². The van der Waals surface area contributed by atoms with Gasteiger partial charge in [0.25, 0.3) is 5.91 Å². The highest BCUT2D eigenvalue weighted by molar-refractivity contribution is 6.12. The number of imide groups is 1. The Balaban J connectivity index is 2.28. The summed E-state index contributed by atoms with van der Waals surface area (Å²) >= 11 is 0.